The van der Waals surface area contributed by atoms with Crippen molar-refractivity contribution in [3.8, 4) is 0 Å². The molecule has 0 fully saturated rings. The van der Waals surface area contributed by atoms with Gasteiger partial charge in [-0.2, -0.15) is 20.3 Å². The second-order valence-electron chi connectivity index (χ2n) is 5.27. The quantitative estimate of drug-likeness (QED) is 0.517. The van der Waals surface area contributed by atoms with Gasteiger partial charge in [-0.25, -0.2) is 0 Å². The molecule has 0 heteroatoms. The predicted molar refractivity (Wildman–Crippen MR) is 61.7 cm³/mol. The first-order chi connectivity index (χ1) is 5.94. The topological polar surface area (TPSA) is 0 Å². The molecule has 0 aromatic rings. The summed E-state index contributed by atoms with van der Waals surface area (Å²) in [5.74, 6) is 2.46. The Hall–Kier alpha value is 0. The van der Waals surface area contributed by atoms with Crippen LogP contribution in [0.1, 0.15) is 67.2 Å². The third-order valence-electron chi connectivity index (χ3n) is 3.04. The van der Waals surface area contributed by atoms with Crippen molar-refractivity contribution >= 4 is 0 Å². The van der Waals surface area contributed by atoms with Crippen molar-refractivity contribution in [3.05, 3.63) is 5.92 Å². The minimum absolute atomic E-state index is 0.504. The van der Waals surface area contributed by atoms with E-state index in [1.54, 1.807) is 5.92 Å². The second-order valence-corrected chi connectivity index (χ2v) is 5.27. The zero-order chi connectivity index (χ0) is 10.5. The highest BCUT2D eigenvalue weighted by Gasteiger charge is 2.24. The molecule has 0 heterocycles. The molecule has 0 spiro atoms. The first-order valence-corrected chi connectivity index (χ1v) is 5.73. The molecule has 0 saturated heterocycles. The van der Waals surface area contributed by atoms with E-state index in [0.717, 1.165) is 5.92 Å². The number of hydrogen-bond donors (Lipinski definition) is 0. The lowest BCUT2D eigenvalue weighted by Crippen LogP contribution is -2.24. The molecule has 0 aromatic heterocycles. The van der Waals surface area contributed by atoms with E-state index in [4.69, 9.17) is 0 Å². The molecule has 0 aliphatic heterocycles. The first kappa shape index (κ1) is 13.0. The molecular formula is C13H27-. The maximum absolute atomic E-state index is 2.42. The van der Waals surface area contributed by atoms with Crippen LogP contribution in [0, 0.1) is 17.3 Å². The summed E-state index contributed by atoms with van der Waals surface area (Å²) >= 11 is 0. The monoisotopic (exact) mass is 183 g/mol. The van der Waals surface area contributed by atoms with E-state index in [-0.39, 0.29) is 0 Å². The van der Waals surface area contributed by atoms with Crippen LogP contribution in [0.5, 0.6) is 0 Å². The van der Waals surface area contributed by atoms with Crippen LogP contribution < -0.4 is 0 Å². The highest BCUT2D eigenvalue weighted by atomic mass is 14.3. The molecule has 0 rings (SSSR count). The summed E-state index contributed by atoms with van der Waals surface area (Å²) in [6.07, 6.45) is 5.32. The predicted octanol–water partition coefficient (Wildman–Crippen LogP) is 4.84. The van der Waals surface area contributed by atoms with Crippen molar-refractivity contribution in [3.63, 3.8) is 0 Å². The lowest BCUT2D eigenvalue weighted by molar-refractivity contribution is 0.182. The van der Waals surface area contributed by atoms with E-state index >= 15 is 0 Å². The third kappa shape index (κ3) is 4.69. The van der Waals surface area contributed by atoms with Crippen LogP contribution in [-0.2, 0) is 0 Å². The molecule has 0 radical (unpaired) electrons. The molecule has 13 heavy (non-hydrogen) atoms. The Morgan fingerprint density at radius 2 is 1.69 bits per heavy atom. The summed E-state index contributed by atoms with van der Waals surface area (Å²) in [7, 11) is 0. The van der Waals surface area contributed by atoms with Crippen molar-refractivity contribution < 1.29 is 0 Å². The third-order valence-corrected chi connectivity index (χ3v) is 3.04. The number of hydrogen-bond acceptors (Lipinski definition) is 0. The van der Waals surface area contributed by atoms with Gasteiger partial charge in [0.15, 0.2) is 0 Å². The molecular weight excluding hydrogens is 156 g/mol. The van der Waals surface area contributed by atoms with Gasteiger partial charge in [-0.1, -0.05) is 52.4 Å². The first-order valence-electron chi connectivity index (χ1n) is 5.73. The Morgan fingerprint density at radius 3 is 2.00 bits per heavy atom. The SMILES string of the molecule is CCCC(CC)C(C)(C)C[C-](C)C. The van der Waals surface area contributed by atoms with E-state index < -0.39 is 0 Å². The molecule has 0 aliphatic carbocycles. The van der Waals surface area contributed by atoms with Crippen molar-refractivity contribution in [1.29, 1.82) is 0 Å². The Balaban J connectivity index is 4.19. The Labute approximate surface area is 85.1 Å². The van der Waals surface area contributed by atoms with Gasteiger partial charge >= 0.3 is 0 Å². The van der Waals surface area contributed by atoms with Crippen molar-refractivity contribution in [2.24, 2.45) is 11.3 Å². The fourth-order valence-electron chi connectivity index (χ4n) is 2.55. The van der Waals surface area contributed by atoms with E-state index in [9.17, 15) is 0 Å². The van der Waals surface area contributed by atoms with Gasteiger partial charge in [-0.15, -0.1) is 0 Å². The van der Waals surface area contributed by atoms with Crippen LogP contribution in [0.2, 0.25) is 0 Å². The van der Waals surface area contributed by atoms with Crippen LogP contribution in [0.25, 0.3) is 0 Å². The second kappa shape index (κ2) is 5.67. The smallest absolute Gasteiger partial charge is 0.0390 e. The fourth-order valence-corrected chi connectivity index (χ4v) is 2.55. The van der Waals surface area contributed by atoms with E-state index in [0.29, 0.717) is 5.41 Å². The minimum Gasteiger partial charge on any atom is -0.319 e. The Morgan fingerprint density at radius 1 is 1.15 bits per heavy atom. The standard InChI is InChI=1S/C13H27/c1-7-9-12(8-2)13(5,6)10-11(3)4/h12H,7-10H2,1-6H3/q-1. The summed E-state index contributed by atoms with van der Waals surface area (Å²) in [6, 6.07) is 0. The summed E-state index contributed by atoms with van der Waals surface area (Å²) in [5, 5.41) is 0. The molecule has 1 atom stereocenters. The highest BCUT2D eigenvalue weighted by molar-refractivity contribution is 4.89. The van der Waals surface area contributed by atoms with Crippen LogP contribution in [0.4, 0.5) is 0 Å². The van der Waals surface area contributed by atoms with Gasteiger partial charge in [0.05, 0.1) is 0 Å². The molecule has 1 unspecified atom stereocenters. The van der Waals surface area contributed by atoms with E-state index in [1.807, 2.05) is 0 Å². The zero-order valence-electron chi connectivity index (χ0n) is 10.4. The van der Waals surface area contributed by atoms with Crippen LogP contribution >= 0.6 is 0 Å². The average molecular weight is 183 g/mol. The largest absolute Gasteiger partial charge is 0.319 e. The van der Waals surface area contributed by atoms with Gasteiger partial charge in [0.2, 0.25) is 0 Å². The summed E-state index contributed by atoms with van der Waals surface area (Å²) in [4.78, 5) is 0. The number of rotatable bonds is 6. The van der Waals surface area contributed by atoms with Gasteiger partial charge in [0.1, 0.15) is 0 Å². The fraction of sp³-hybridized carbons (Fsp3) is 0.923. The molecule has 0 bridgehead atoms. The molecule has 0 aromatic carbocycles. The molecule has 0 N–H and O–H groups in total. The Kier molecular flexibility index (Phi) is 5.67. The normalized spacial score (nSPS) is 15.0. The van der Waals surface area contributed by atoms with Gasteiger partial charge in [0, 0.05) is 0 Å². The van der Waals surface area contributed by atoms with Crippen molar-refractivity contribution in [1.82, 2.24) is 0 Å². The molecule has 0 amide bonds. The van der Waals surface area contributed by atoms with Crippen LogP contribution in [0.15, 0.2) is 0 Å². The van der Waals surface area contributed by atoms with E-state index in [1.165, 1.54) is 25.7 Å². The maximum Gasteiger partial charge on any atom is -0.0390 e. The average Bonchev–Trinajstić information content (AvgIpc) is 1.97. The zero-order valence-corrected chi connectivity index (χ0v) is 10.4. The van der Waals surface area contributed by atoms with Gasteiger partial charge < -0.3 is 5.92 Å². The van der Waals surface area contributed by atoms with Gasteiger partial charge in [-0.3, -0.25) is 0 Å². The van der Waals surface area contributed by atoms with Crippen molar-refractivity contribution in [2.75, 3.05) is 0 Å². The molecule has 0 saturated carbocycles. The van der Waals surface area contributed by atoms with Crippen LogP contribution in [-0.4, -0.2) is 0 Å². The molecule has 0 nitrogen and oxygen atoms in total. The van der Waals surface area contributed by atoms with E-state index in [2.05, 4.69) is 41.5 Å². The summed E-state index contributed by atoms with van der Waals surface area (Å²) in [5.41, 5.74) is 0.504. The molecule has 80 valence electrons. The maximum atomic E-state index is 2.42. The van der Waals surface area contributed by atoms with Crippen molar-refractivity contribution in [2.45, 2.75) is 67.2 Å². The molecule has 0 aliphatic rings. The summed E-state index contributed by atoms with van der Waals surface area (Å²) in [6.45, 7) is 14.0. The summed E-state index contributed by atoms with van der Waals surface area (Å²) < 4.78 is 0. The minimum atomic E-state index is 0.504. The van der Waals surface area contributed by atoms with Gasteiger partial charge in [0.25, 0.3) is 0 Å². The Bertz CT molecular complexity index is 122. The lowest BCUT2D eigenvalue weighted by atomic mass is 9.70. The van der Waals surface area contributed by atoms with Crippen LogP contribution in [0.3, 0.4) is 0 Å². The highest BCUT2D eigenvalue weighted by Crippen LogP contribution is 2.38. The lowest BCUT2D eigenvalue weighted by Gasteiger charge is -2.40. The van der Waals surface area contributed by atoms with Gasteiger partial charge in [-0.05, 0) is 5.92 Å².